The summed E-state index contributed by atoms with van der Waals surface area (Å²) in [4.78, 5) is 0. The minimum Gasteiger partial charge on any atom is -0.458 e. The van der Waals surface area contributed by atoms with Gasteiger partial charge in [0.1, 0.15) is 17.4 Å². The molecule has 2 aromatic rings. The fraction of sp³-hybridized carbons (Fsp3) is 0.467. The Hall–Kier alpha value is -1.32. The number of furan rings is 1. The summed E-state index contributed by atoms with van der Waals surface area (Å²) in [5.74, 6) is 0.802. The van der Waals surface area contributed by atoms with Gasteiger partial charge in [-0.1, -0.05) is 32.0 Å². The highest BCUT2D eigenvalue weighted by Gasteiger charge is 2.27. The van der Waals surface area contributed by atoms with Gasteiger partial charge in [0.25, 0.3) is 0 Å². The highest BCUT2D eigenvalue weighted by molar-refractivity contribution is 5.77. The van der Waals surface area contributed by atoms with E-state index in [-0.39, 0.29) is 12.0 Å². The number of hydrogen-bond donors (Lipinski definition) is 1. The molecular weight excluding hydrogens is 228 g/mol. The Morgan fingerprint density at radius 1 is 1.28 bits per heavy atom. The number of fused-ring (bicyclic) bond motifs is 1. The lowest BCUT2D eigenvalue weighted by Gasteiger charge is -2.24. The maximum absolute atomic E-state index is 10.4. The van der Waals surface area contributed by atoms with E-state index in [1.807, 2.05) is 51.1 Å². The highest BCUT2D eigenvalue weighted by atomic mass is 16.5. The molecule has 2 unspecified atom stereocenters. The van der Waals surface area contributed by atoms with E-state index in [1.54, 1.807) is 0 Å². The minimum absolute atomic E-state index is 0.230. The largest absolute Gasteiger partial charge is 0.458 e. The summed E-state index contributed by atoms with van der Waals surface area (Å²) in [6, 6.07) is 9.63. The molecule has 1 aromatic carbocycles. The van der Waals surface area contributed by atoms with Crippen LogP contribution in [0.25, 0.3) is 11.0 Å². The molecule has 3 heteroatoms. The van der Waals surface area contributed by atoms with Crippen molar-refractivity contribution >= 4 is 11.0 Å². The van der Waals surface area contributed by atoms with Crippen molar-refractivity contribution in [3.63, 3.8) is 0 Å². The first kappa shape index (κ1) is 13.1. The first-order valence-electron chi connectivity index (χ1n) is 6.41. The van der Waals surface area contributed by atoms with Crippen molar-refractivity contribution in [3.8, 4) is 0 Å². The third-order valence-corrected chi connectivity index (χ3v) is 3.06. The number of aliphatic hydroxyl groups is 1. The zero-order valence-electron chi connectivity index (χ0n) is 11.1. The van der Waals surface area contributed by atoms with Crippen LogP contribution in [-0.2, 0) is 4.74 Å². The number of ether oxygens (including phenoxy) is 1. The lowest BCUT2D eigenvalue weighted by molar-refractivity contribution is -0.0657. The van der Waals surface area contributed by atoms with Gasteiger partial charge in [-0.05, 0) is 25.0 Å². The number of hydrogen-bond acceptors (Lipinski definition) is 3. The van der Waals surface area contributed by atoms with Gasteiger partial charge in [0, 0.05) is 12.0 Å². The topological polar surface area (TPSA) is 42.6 Å². The van der Waals surface area contributed by atoms with Crippen LogP contribution >= 0.6 is 0 Å². The second kappa shape index (κ2) is 5.55. The molecule has 1 heterocycles. The second-order valence-electron chi connectivity index (χ2n) is 4.80. The van der Waals surface area contributed by atoms with E-state index < -0.39 is 6.10 Å². The standard InChI is InChI=1S/C15H20O3/c1-4-17-15(10(2)3)14(16)13-9-11-7-5-6-8-12(11)18-13/h5-10,14-16H,4H2,1-3H3. The van der Waals surface area contributed by atoms with Crippen LogP contribution < -0.4 is 0 Å². The van der Waals surface area contributed by atoms with Gasteiger partial charge in [0.2, 0.25) is 0 Å². The van der Waals surface area contributed by atoms with E-state index in [9.17, 15) is 5.11 Å². The third kappa shape index (κ3) is 2.57. The SMILES string of the molecule is CCOC(C(C)C)C(O)c1cc2ccccc2o1. The van der Waals surface area contributed by atoms with E-state index in [4.69, 9.17) is 9.15 Å². The van der Waals surface area contributed by atoms with Crippen LogP contribution in [0, 0.1) is 5.92 Å². The molecule has 3 nitrogen and oxygen atoms in total. The van der Waals surface area contributed by atoms with E-state index >= 15 is 0 Å². The van der Waals surface area contributed by atoms with E-state index in [0.717, 1.165) is 11.0 Å². The van der Waals surface area contributed by atoms with Crippen molar-refractivity contribution in [1.82, 2.24) is 0 Å². The molecule has 18 heavy (non-hydrogen) atoms. The Morgan fingerprint density at radius 3 is 2.61 bits per heavy atom. The van der Waals surface area contributed by atoms with Gasteiger partial charge in [0.15, 0.2) is 0 Å². The van der Waals surface area contributed by atoms with Crippen LogP contribution in [0.5, 0.6) is 0 Å². The fourth-order valence-corrected chi connectivity index (χ4v) is 2.15. The van der Waals surface area contributed by atoms with Crippen LogP contribution in [0.1, 0.15) is 32.6 Å². The smallest absolute Gasteiger partial charge is 0.138 e. The van der Waals surface area contributed by atoms with Gasteiger partial charge in [-0.25, -0.2) is 0 Å². The van der Waals surface area contributed by atoms with Gasteiger partial charge in [-0.15, -0.1) is 0 Å². The van der Waals surface area contributed by atoms with Crippen LogP contribution in [0.4, 0.5) is 0 Å². The Kier molecular flexibility index (Phi) is 4.04. The molecule has 1 N–H and O–H groups in total. The molecule has 0 bridgehead atoms. The Bertz CT molecular complexity index is 468. The molecule has 0 spiro atoms. The maximum atomic E-state index is 10.4. The number of benzene rings is 1. The molecule has 1 aromatic heterocycles. The monoisotopic (exact) mass is 248 g/mol. The first-order valence-corrected chi connectivity index (χ1v) is 6.41. The zero-order valence-corrected chi connectivity index (χ0v) is 11.1. The summed E-state index contributed by atoms with van der Waals surface area (Å²) >= 11 is 0. The molecule has 0 aliphatic carbocycles. The van der Waals surface area contributed by atoms with Crippen LogP contribution in [0.2, 0.25) is 0 Å². The molecular formula is C15H20O3. The predicted molar refractivity (Wildman–Crippen MR) is 71.4 cm³/mol. The van der Waals surface area contributed by atoms with Crippen molar-refractivity contribution in [2.24, 2.45) is 5.92 Å². The average Bonchev–Trinajstić information content (AvgIpc) is 2.78. The fourth-order valence-electron chi connectivity index (χ4n) is 2.15. The average molecular weight is 248 g/mol. The van der Waals surface area contributed by atoms with Gasteiger partial charge in [-0.2, -0.15) is 0 Å². The minimum atomic E-state index is -0.725. The third-order valence-electron chi connectivity index (χ3n) is 3.06. The van der Waals surface area contributed by atoms with Crippen molar-refractivity contribution in [2.45, 2.75) is 33.0 Å². The highest BCUT2D eigenvalue weighted by Crippen LogP contribution is 2.29. The van der Waals surface area contributed by atoms with Gasteiger partial charge in [-0.3, -0.25) is 0 Å². The molecule has 0 fully saturated rings. The van der Waals surface area contributed by atoms with Crippen LogP contribution in [-0.4, -0.2) is 17.8 Å². The summed E-state index contributed by atoms with van der Waals surface area (Å²) < 4.78 is 11.3. The summed E-state index contributed by atoms with van der Waals surface area (Å²) in [6.07, 6.45) is -0.965. The van der Waals surface area contributed by atoms with Crippen LogP contribution in [0.3, 0.4) is 0 Å². The second-order valence-corrected chi connectivity index (χ2v) is 4.80. The molecule has 2 rings (SSSR count). The molecule has 0 aliphatic heterocycles. The van der Waals surface area contributed by atoms with Crippen LogP contribution in [0.15, 0.2) is 34.7 Å². The van der Waals surface area contributed by atoms with Gasteiger partial charge < -0.3 is 14.3 Å². The predicted octanol–water partition coefficient (Wildman–Crippen LogP) is 3.53. The molecule has 0 radical (unpaired) electrons. The lowest BCUT2D eigenvalue weighted by Crippen LogP contribution is -2.27. The molecule has 0 aliphatic rings. The Balaban J connectivity index is 2.28. The van der Waals surface area contributed by atoms with E-state index in [0.29, 0.717) is 12.4 Å². The normalized spacial score (nSPS) is 15.2. The first-order chi connectivity index (χ1) is 8.63. The Labute approximate surface area is 107 Å². The van der Waals surface area contributed by atoms with Crippen molar-refractivity contribution in [2.75, 3.05) is 6.61 Å². The lowest BCUT2D eigenvalue weighted by atomic mass is 10.00. The molecule has 0 amide bonds. The summed E-state index contributed by atoms with van der Waals surface area (Å²) in [5, 5.41) is 11.4. The number of para-hydroxylation sites is 1. The van der Waals surface area contributed by atoms with E-state index in [2.05, 4.69) is 0 Å². The van der Waals surface area contributed by atoms with Crippen molar-refractivity contribution in [1.29, 1.82) is 0 Å². The molecule has 0 saturated carbocycles. The summed E-state index contributed by atoms with van der Waals surface area (Å²) in [6.45, 7) is 6.58. The van der Waals surface area contributed by atoms with Gasteiger partial charge >= 0.3 is 0 Å². The van der Waals surface area contributed by atoms with Crippen molar-refractivity contribution in [3.05, 3.63) is 36.1 Å². The zero-order chi connectivity index (χ0) is 13.1. The quantitative estimate of drug-likeness (QED) is 0.880. The molecule has 98 valence electrons. The molecule has 2 atom stereocenters. The molecule has 0 saturated heterocycles. The van der Waals surface area contributed by atoms with E-state index in [1.165, 1.54) is 0 Å². The summed E-state index contributed by atoms with van der Waals surface area (Å²) in [7, 11) is 0. The Morgan fingerprint density at radius 2 is 2.00 bits per heavy atom. The maximum Gasteiger partial charge on any atom is 0.138 e. The van der Waals surface area contributed by atoms with Gasteiger partial charge in [0.05, 0.1) is 6.10 Å². The number of rotatable bonds is 5. The van der Waals surface area contributed by atoms with Crippen molar-refractivity contribution < 1.29 is 14.3 Å². The summed E-state index contributed by atoms with van der Waals surface area (Å²) in [5.41, 5.74) is 0.797. The number of aliphatic hydroxyl groups excluding tert-OH is 1.